The van der Waals surface area contributed by atoms with E-state index in [2.05, 4.69) is 15.2 Å². The van der Waals surface area contributed by atoms with E-state index < -0.39 is 0 Å². The number of carbonyl (C=O) groups is 1. The van der Waals surface area contributed by atoms with Crippen LogP contribution < -0.4 is 14.8 Å². The van der Waals surface area contributed by atoms with Crippen molar-refractivity contribution in [2.45, 2.75) is 25.4 Å². The second kappa shape index (κ2) is 9.90. The summed E-state index contributed by atoms with van der Waals surface area (Å²) in [6.45, 7) is 2.69. The summed E-state index contributed by atoms with van der Waals surface area (Å²) in [5.74, 6) is 1.22. The van der Waals surface area contributed by atoms with E-state index in [9.17, 15) is 4.79 Å². The molecule has 28 heavy (non-hydrogen) atoms. The van der Waals surface area contributed by atoms with Crippen molar-refractivity contribution in [1.29, 1.82) is 0 Å². The molecule has 1 aromatic carbocycles. The molecule has 1 fully saturated rings. The minimum absolute atomic E-state index is 0.0838. The van der Waals surface area contributed by atoms with Gasteiger partial charge in [-0.2, -0.15) is 0 Å². The van der Waals surface area contributed by atoms with Gasteiger partial charge in [-0.3, -0.25) is 14.7 Å². The van der Waals surface area contributed by atoms with E-state index in [1.807, 2.05) is 42.6 Å². The monoisotopic (exact) mass is 381 g/mol. The third kappa shape index (κ3) is 5.57. The largest absolute Gasteiger partial charge is 0.493 e. The Bertz CT molecular complexity index is 808. The van der Waals surface area contributed by atoms with Crippen LogP contribution in [0.1, 0.15) is 24.1 Å². The number of piperidine rings is 1. The first-order valence-electron chi connectivity index (χ1n) is 9.51. The molecular weight excluding hydrogens is 354 g/mol. The molecule has 0 spiro atoms. The Morgan fingerprint density at radius 2 is 2.11 bits per heavy atom. The van der Waals surface area contributed by atoms with Crippen LogP contribution in [-0.2, 0) is 11.3 Å². The molecule has 148 valence electrons. The highest BCUT2D eigenvalue weighted by Gasteiger charge is 2.21. The summed E-state index contributed by atoms with van der Waals surface area (Å²) in [7, 11) is 3.19. The number of rotatable bonds is 7. The molecule has 6 nitrogen and oxygen atoms in total. The number of benzene rings is 1. The van der Waals surface area contributed by atoms with E-state index in [0.717, 1.165) is 43.7 Å². The van der Waals surface area contributed by atoms with Crippen molar-refractivity contribution in [3.8, 4) is 11.5 Å². The van der Waals surface area contributed by atoms with Crippen LogP contribution in [0.25, 0.3) is 6.08 Å². The van der Waals surface area contributed by atoms with Crippen LogP contribution in [0.5, 0.6) is 11.5 Å². The van der Waals surface area contributed by atoms with E-state index in [0.29, 0.717) is 11.5 Å². The maximum atomic E-state index is 12.3. The lowest BCUT2D eigenvalue weighted by atomic mass is 10.1. The normalized spacial score (nSPS) is 17.4. The van der Waals surface area contributed by atoms with Gasteiger partial charge in [0.05, 0.1) is 19.9 Å². The van der Waals surface area contributed by atoms with E-state index in [-0.39, 0.29) is 11.9 Å². The van der Waals surface area contributed by atoms with Gasteiger partial charge in [0.15, 0.2) is 11.5 Å². The molecule has 6 heteroatoms. The average molecular weight is 381 g/mol. The lowest BCUT2D eigenvalue weighted by Gasteiger charge is -2.32. The highest BCUT2D eigenvalue weighted by Crippen LogP contribution is 2.27. The molecule has 0 radical (unpaired) electrons. The number of carbonyl (C=O) groups excluding carboxylic acids is 1. The van der Waals surface area contributed by atoms with Crippen LogP contribution in [-0.4, -0.2) is 49.1 Å². The third-order valence-electron chi connectivity index (χ3n) is 4.80. The first kappa shape index (κ1) is 19.9. The molecule has 0 aliphatic carbocycles. The lowest BCUT2D eigenvalue weighted by molar-refractivity contribution is -0.117. The number of hydrogen-bond acceptors (Lipinski definition) is 5. The molecule has 1 N–H and O–H groups in total. The fourth-order valence-corrected chi connectivity index (χ4v) is 3.42. The van der Waals surface area contributed by atoms with Gasteiger partial charge in [-0.1, -0.05) is 12.1 Å². The van der Waals surface area contributed by atoms with Crippen molar-refractivity contribution in [1.82, 2.24) is 15.2 Å². The molecular formula is C22H27N3O3. The van der Waals surface area contributed by atoms with Crippen LogP contribution in [0.2, 0.25) is 0 Å². The number of pyridine rings is 1. The number of amides is 1. The molecule has 0 bridgehead atoms. The van der Waals surface area contributed by atoms with Crippen LogP contribution >= 0.6 is 0 Å². The molecule has 1 saturated heterocycles. The first-order chi connectivity index (χ1) is 13.7. The Morgan fingerprint density at radius 3 is 2.86 bits per heavy atom. The van der Waals surface area contributed by atoms with Gasteiger partial charge in [0.1, 0.15) is 0 Å². The van der Waals surface area contributed by atoms with Gasteiger partial charge in [0.25, 0.3) is 0 Å². The van der Waals surface area contributed by atoms with Gasteiger partial charge in [0.2, 0.25) is 5.91 Å². The molecule has 1 aromatic heterocycles. The smallest absolute Gasteiger partial charge is 0.244 e. The number of methoxy groups -OCH3 is 2. The van der Waals surface area contributed by atoms with Gasteiger partial charge in [-0.15, -0.1) is 0 Å². The molecule has 2 aromatic rings. The zero-order valence-electron chi connectivity index (χ0n) is 16.4. The number of nitrogens with zero attached hydrogens (tertiary/aromatic N) is 2. The maximum absolute atomic E-state index is 12.3. The van der Waals surface area contributed by atoms with Crippen molar-refractivity contribution in [2.24, 2.45) is 0 Å². The van der Waals surface area contributed by atoms with E-state index in [1.165, 1.54) is 0 Å². The maximum Gasteiger partial charge on any atom is 0.244 e. The predicted molar refractivity (Wildman–Crippen MR) is 109 cm³/mol. The van der Waals surface area contributed by atoms with E-state index in [1.54, 1.807) is 26.4 Å². The molecule has 1 unspecified atom stereocenters. The van der Waals surface area contributed by atoms with Crippen molar-refractivity contribution in [2.75, 3.05) is 27.3 Å². The van der Waals surface area contributed by atoms with Crippen LogP contribution in [0.15, 0.2) is 48.7 Å². The predicted octanol–water partition coefficient (Wildman–Crippen LogP) is 2.89. The fourth-order valence-electron chi connectivity index (χ4n) is 3.42. The topological polar surface area (TPSA) is 63.7 Å². The molecule has 1 atom stereocenters. The van der Waals surface area contributed by atoms with Crippen molar-refractivity contribution >= 4 is 12.0 Å². The Labute approximate surface area is 166 Å². The number of hydrogen-bond donors (Lipinski definition) is 1. The van der Waals surface area contributed by atoms with Crippen molar-refractivity contribution in [3.63, 3.8) is 0 Å². The zero-order chi connectivity index (χ0) is 19.8. The summed E-state index contributed by atoms with van der Waals surface area (Å²) >= 11 is 0. The van der Waals surface area contributed by atoms with E-state index >= 15 is 0 Å². The highest BCUT2D eigenvalue weighted by molar-refractivity contribution is 5.92. The number of aromatic nitrogens is 1. The van der Waals surface area contributed by atoms with Gasteiger partial charge in [0, 0.05) is 31.4 Å². The Morgan fingerprint density at radius 1 is 1.25 bits per heavy atom. The van der Waals surface area contributed by atoms with Gasteiger partial charge in [-0.25, -0.2) is 0 Å². The first-order valence-corrected chi connectivity index (χ1v) is 9.51. The van der Waals surface area contributed by atoms with Crippen molar-refractivity contribution in [3.05, 3.63) is 59.9 Å². The second-order valence-corrected chi connectivity index (χ2v) is 6.85. The second-order valence-electron chi connectivity index (χ2n) is 6.85. The minimum Gasteiger partial charge on any atom is -0.493 e. The summed E-state index contributed by atoms with van der Waals surface area (Å²) in [5.41, 5.74) is 1.94. The standard InChI is InChI=1S/C22H27N3O3/c1-27-20-10-8-17(14-21(20)28-2)9-11-22(26)24-19-7-5-13-25(16-19)15-18-6-3-4-12-23-18/h3-4,6,8-12,14,19H,5,7,13,15-16H2,1-2H3,(H,24,26). The summed E-state index contributed by atoms with van der Waals surface area (Å²) < 4.78 is 10.5. The molecule has 2 heterocycles. The number of ether oxygens (including phenoxy) is 2. The fraction of sp³-hybridized carbons (Fsp3) is 0.364. The highest BCUT2D eigenvalue weighted by atomic mass is 16.5. The minimum atomic E-state index is -0.0838. The van der Waals surface area contributed by atoms with Crippen LogP contribution in [0.3, 0.4) is 0 Å². The number of nitrogens with one attached hydrogen (secondary N) is 1. The Kier molecular flexibility index (Phi) is 7.03. The number of likely N-dealkylation sites (tertiary alicyclic amines) is 1. The lowest BCUT2D eigenvalue weighted by Crippen LogP contribution is -2.47. The average Bonchev–Trinajstić information content (AvgIpc) is 2.73. The van der Waals surface area contributed by atoms with Crippen LogP contribution in [0, 0.1) is 0 Å². The van der Waals surface area contributed by atoms with Gasteiger partial charge >= 0.3 is 0 Å². The SMILES string of the molecule is COc1ccc(C=CC(=O)NC2CCCN(Cc3ccccn3)C2)cc1OC. The summed E-state index contributed by atoms with van der Waals surface area (Å²) in [4.78, 5) is 19.1. The Hall–Kier alpha value is -2.86. The van der Waals surface area contributed by atoms with Crippen LogP contribution in [0.4, 0.5) is 0 Å². The third-order valence-corrected chi connectivity index (χ3v) is 4.80. The molecule has 1 aliphatic heterocycles. The molecule has 1 aliphatic rings. The summed E-state index contributed by atoms with van der Waals surface area (Å²) in [6, 6.07) is 11.7. The quantitative estimate of drug-likeness (QED) is 0.747. The Balaban J connectivity index is 1.53. The van der Waals surface area contributed by atoms with E-state index in [4.69, 9.17) is 9.47 Å². The van der Waals surface area contributed by atoms with Gasteiger partial charge < -0.3 is 14.8 Å². The molecule has 1 amide bonds. The van der Waals surface area contributed by atoms with Crippen molar-refractivity contribution < 1.29 is 14.3 Å². The van der Waals surface area contributed by atoms with Gasteiger partial charge in [-0.05, 0) is 55.3 Å². The molecule has 0 saturated carbocycles. The zero-order valence-corrected chi connectivity index (χ0v) is 16.4. The summed E-state index contributed by atoms with van der Waals surface area (Å²) in [6.07, 6.45) is 7.23. The summed E-state index contributed by atoms with van der Waals surface area (Å²) in [5, 5.41) is 3.11. The molecule has 3 rings (SSSR count).